The number of hydrogen-bond acceptors (Lipinski definition) is 3. The second-order valence-electron chi connectivity index (χ2n) is 4.29. The van der Waals surface area contributed by atoms with E-state index in [1.165, 1.54) is 0 Å². The molecule has 2 unspecified atom stereocenters. The average molecular weight is 221 g/mol. The van der Waals surface area contributed by atoms with E-state index in [1.54, 1.807) is 0 Å². The highest BCUT2D eigenvalue weighted by molar-refractivity contribution is 5.69. The van der Waals surface area contributed by atoms with Gasteiger partial charge in [0.2, 0.25) is 0 Å². The lowest BCUT2D eigenvalue weighted by molar-refractivity contribution is -0.137. The van der Waals surface area contributed by atoms with Crippen LogP contribution in [0.1, 0.15) is 29.4 Å². The molecule has 0 amide bonds. The van der Waals surface area contributed by atoms with Gasteiger partial charge in [-0.1, -0.05) is 12.2 Å². The molecule has 0 saturated carbocycles. The van der Waals surface area contributed by atoms with Crippen molar-refractivity contribution in [2.24, 2.45) is 0 Å². The summed E-state index contributed by atoms with van der Waals surface area (Å²) in [6, 6.07) is 0. The van der Waals surface area contributed by atoms with Crippen molar-refractivity contribution in [1.29, 1.82) is 0 Å². The lowest BCUT2D eigenvalue weighted by atomic mass is 10.0. The van der Waals surface area contributed by atoms with E-state index in [4.69, 9.17) is 5.11 Å². The molecule has 3 N–H and O–H groups in total. The molecule has 0 saturated heterocycles. The van der Waals surface area contributed by atoms with Crippen LogP contribution < -0.4 is 0 Å². The van der Waals surface area contributed by atoms with Crippen molar-refractivity contribution < 1.29 is 20.1 Å². The first-order valence-electron chi connectivity index (χ1n) is 5.14. The minimum Gasteiger partial charge on any atom is -0.494 e. The van der Waals surface area contributed by atoms with Gasteiger partial charge >= 0.3 is 5.97 Å². The lowest BCUT2D eigenvalue weighted by Gasteiger charge is -2.06. The monoisotopic (exact) mass is 221 g/mol. The Morgan fingerprint density at radius 1 is 1.25 bits per heavy atom. The summed E-state index contributed by atoms with van der Waals surface area (Å²) in [6.07, 6.45) is 4.87. The van der Waals surface area contributed by atoms with E-state index in [2.05, 4.69) is 0 Å². The zero-order valence-corrected chi connectivity index (χ0v) is 8.42. The van der Waals surface area contributed by atoms with Crippen LogP contribution in [0.15, 0.2) is 12.2 Å². The first kappa shape index (κ1) is 9.33. The van der Waals surface area contributed by atoms with Gasteiger partial charge < -0.3 is 15.3 Å². The van der Waals surface area contributed by atoms with Crippen molar-refractivity contribution in [1.82, 2.24) is 4.57 Å². The molecule has 1 heterocycles. The number of carboxylic acid groups (broad SMARTS) is 1. The van der Waals surface area contributed by atoms with Gasteiger partial charge in [0.15, 0.2) is 11.8 Å². The van der Waals surface area contributed by atoms with Crippen LogP contribution in [-0.4, -0.2) is 25.9 Å². The Bertz CT molecular complexity index is 479. The molecule has 0 radical (unpaired) electrons. The second-order valence-corrected chi connectivity index (χ2v) is 4.29. The molecule has 3 rings (SSSR count). The van der Waals surface area contributed by atoms with Gasteiger partial charge in [-0.25, -0.2) is 0 Å². The summed E-state index contributed by atoms with van der Waals surface area (Å²) >= 11 is 0. The van der Waals surface area contributed by atoms with E-state index in [9.17, 15) is 15.0 Å². The number of carboxylic acids is 1. The quantitative estimate of drug-likeness (QED) is 0.653. The Morgan fingerprint density at radius 2 is 1.75 bits per heavy atom. The Balaban J connectivity index is 2.15. The molecule has 16 heavy (non-hydrogen) atoms. The van der Waals surface area contributed by atoms with E-state index in [0.717, 1.165) is 11.0 Å². The van der Waals surface area contributed by atoms with Crippen molar-refractivity contribution in [3.05, 3.63) is 23.3 Å². The minimum absolute atomic E-state index is 0.105. The van der Waals surface area contributed by atoms with E-state index < -0.39 is 12.5 Å². The molecule has 0 spiro atoms. The molecule has 1 aromatic heterocycles. The van der Waals surface area contributed by atoms with Crippen LogP contribution in [0.4, 0.5) is 0 Å². The fraction of sp³-hybridized carbons (Fsp3) is 0.364. The Kier molecular flexibility index (Phi) is 1.64. The van der Waals surface area contributed by atoms with Crippen molar-refractivity contribution >= 4 is 5.97 Å². The number of carbonyl (C=O) groups is 1. The smallest absolute Gasteiger partial charge is 0.323 e. The van der Waals surface area contributed by atoms with E-state index >= 15 is 0 Å². The summed E-state index contributed by atoms with van der Waals surface area (Å²) in [4.78, 5) is 10.6. The zero-order valence-electron chi connectivity index (χ0n) is 8.42. The van der Waals surface area contributed by atoms with Gasteiger partial charge in [0.05, 0.1) is 0 Å². The van der Waals surface area contributed by atoms with Gasteiger partial charge in [-0.2, -0.15) is 0 Å². The van der Waals surface area contributed by atoms with Crippen molar-refractivity contribution in [2.75, 3.05) is 0 Å². The fourth-order valence-corrected chi connectivity index (χ4v) is 2.78. The third kappa shape index (κ3) is 0.973. The topological polar surface area (TPSA) is 82.7 Å². The van der Waals surface area contributed by atoms with Crippen LogP contribution in [0.2, 0.25) is 0 Å². The zero-order chi connectivity index (χ0) is 11.4. The molecular formula is C11H11NO4. The SMILES string of the molecule is O=C(O)Cn1c(O)c2c(c1O)C1C=CC2C1. The van der Waals surface area contributed by atoms with Gasteiger partial charge in [0.1, 0.15) is 6.54 Å². The first-order chi connectivity index (χ1) is 7.59. The third-order valence-electron chi connectivity index (χ3n) is 3.40. The molecule has 5 heteroatoms. The molecule has 0 fully saturated rings. The molecule has 2 aliphatic rings. The number of allylic oxidation sites excluding steroid dienone is 2. The van der Waals surface area contributed by atoms with Gasteiger partial charge in [-0.05, 0) is 6.42 Å². The molecule has 2 bridgehead atoms. The van der Waals surface area contributed by atoms with E-state index in [0.29, 0.717) is 11.1 Å². The molecular weight excluding hydrogens is 210 g/mol. The number of nitrogens with zero attached hydrogens (tertiary/aromatic N) is 1. The summed E-state index contributed by atoms with van der Waals surface area (Å²) in [5.41, 5.74) is 1.40. The Labute approximate surface area is 91.2 Å². The van der Waals surface area contributed by atoms with Gasteiger partial charge in [0.25, 0.3) is 0 Å². The number of aromatic hydroxyl groups is 2. The molecule has 84 valence electrons. The summed E-state index contributed by atoms with van der Waals surface area (Å²) in [7, 11) is 0. The highest BCUT2D eigenvalue weighted by Crippen LogP contribution is 2.56. The van der Waals surface area contributed by atoms with Crippen LogP contribution in [0, 0.1) is 0 Å². The first-order valence-corrected chi connectivity index (χ1v) is 5.14. The summed E-state index contributed by atoms with van der Waals surface area (Å²) < 4.78 is 1.05. The molecule has 2 atom stereocenters. The predicted octanol–water partition coefficient (Wildman–Crippen LogP) is 1.12. The van der Waals surface area contributed by atoms with Crippen LogP contribution in [0.25, 0.3) is 0 Å². The highest BCUT2D eigenvalue weighted by Gasteiger charge is 2.41. The molecule has 0 aliphatic heterocycles. The van der Waals surface area contributed by atoms with Crippen LogP contribution in [-0.2, 0) is 11.3 Å². The normalized spacial score (nSPS) is 25.0. The number of rotatable bonds is 2. The van der Waals surface area contributed by atoms with Crippen molar-refractivity contribution in [3.63, 3.8) is 0 Å². The molecule has 2 aliphatic carbocycles. The average Bonchev–Trinajstić information content (AvgIpc) is 2.87. The number of aliphatic carboxylic acids is 1. The second kappa shape index (κ2) is 2.81. The summed E-state index contributed by atoms with van der Waals surface area (Å²) in [5, 5.41) is 28.5. The largest absolute Gasteiger partial charge is 0.494 e. The predicted molar refractivity (Wildman–Crippen MR) is 54.6 cm³/mol. The standard InChI is InChI=1S/C11H11NO4/c13-7(14)4-12-10(15)8-5-1-2-6(3-5)9(8)11(12)16/h1-2,5-6,15-16H,3-4H2,(H,13,14). The molecule has 1 aromatic rings. The fourth-order valence-electron chi connectivity index (χ4n) is 2.78. The minimum atomic E-state index is -1.08. The van der Waals surface area contributed by atoms with Gasteiger partial charge in [0, 0.05) is 23.0 Å². The molecule has 0 aromatic carbocycles. The van der Waals surface area contributed by atoms with Crippen molar-refractivity contribution in [3.8, 4) is 11.8 Å². The lowest BCUT2D eigenvalue weighted by Crippen LogP contribution is -2.08. The number of fused-ring (bicyclic) bond motifs is 5. The van der Waals surface area contributed by atoms with E-state index in [-0.39, 0.29) is 23.6 Å². The third-order valence-corrected chi connectivity index (χ3v) is 3.40. The Hall–Kier alpha value is -1.91. The maximum Gasteiger partial charge on any atom is 0.323 e. The van der Waals surface area contributed by atoms with E-state index in [1.807, 2.05) is 12.2 Å². The molecule has 5 nitrogen and oxygen atoms in total. The van der Waals surface area contributed by atoms with Gasteiger partial charge in [-0.15, -0.1) is 0 Å². The number of aromatic nitrogens is 1. The Morgan fingerprint density at radius 3 is 2.19 bits per heavy atom. The van der Waals surface area contributed by atoms with Crippen molar-refractivity contribution in [2.45, 2.75) is 24.8 Å². The summed E-state index contributed by atoms with van der Waals surface area (Å²) in [5.74, 6) is -1.04. The summed E-state index contributed by atoms with van der Waals surface area (Å²) in [6.45, 7) is -0.413. The van der Waals surface area contributed by atoms with Crippen LogP contribution >= 0.6 is 0 Å². The van der Waals surface area contributed by atoms with Crippen LogP contribution in [0.3, 0.4) is 0 Å². The maximum absolute atomic E-state index is 10.6. The highest BCUT2D eigenvalue weighted by atomic mass is 16.4. The van der Waals surface area contributed by atoms with Crippen LogP contribution in [0.5, 0.6) is 11.8 Å². The maximum atomic E-state index is 10.6. The number of hydrogen-bond donors (Lipinski definition) is 3. The van der Waals surface area contributed by atoms with Gasteiger partial charge in [-0.3, -0.25) is 9.36 Å².